The number of nitrogens with one attached hydrogen (secondary N) is 2. The number of nitrogens with two attached hydrogens (primary N) is 1. The van der Waals surface area contributed by atoms with Crippen LogP contribution in [0.15, 0.2) is 18.3 Å². The van der Waals surface area contributed by atoms with Crippen molar-refractivity contribution in [3.8, 4) is 0 Å². The number of aromatic nitrogens is 1. The number of carbonyl (C=O) groups is 2. The highest BCUT2D eigenvalue weighted by Crippen LogP contribution is 2.25. The van der Waals surface area contributed by atoms with E-state index in [0.29, 0.717) is 22.2 Å². The Morgan fingerprint density at radius 1 is 1.41 bits per heavy atom. The van der Waals surface area contributed by atoms with Gasteiger partial charge in [0.15, 0.2) is 0 Å². The van der Waals surface area contributed by atoms with Gasteiger partial charge in [-0.25, -0.2) is 4.39 Å². The SMILES string of the molecule is Cc1cc2c(NC(=O)C(N)=O)c[nH]c2cc1F. The van der Waals surface area contributed by atoms with Crippen molar-refractivity contribution < 1.29 is 14.0 Å². The number of fused-ring (bicyclic) bond motifs is 1. The third-order valence-electron chi connectivity index (χ3n) is 2.43. The molecule has 2 amide bonds. The number of amides is 2. The van der Waals surface area contributed by atoms with Crippen LogP contribution in [0.25, 0.3) is 10.9 Å². The third-order valence-corrected chi connectivity index (χ3v) is 2.43. The average Bonchev–Trinajstić information content (AvgIpc) is 2.62. The van der Waals surface area contributed by atoms with Crippen molar-refractivity contribution in [2.75, 3.05) is 5.32 Å². The van der Waals surface area contributed by atoms with Gasteiger partial charge in [0.1, 0.15) is 5.82 Å². The molecule has 0 spiro atoms. The monoisotopic (exact) mass is 235 g/mol. The van der Waals surface area contributed by atoms with Crippen molar-refractivity contribution >= 4 is 28.4 Å². The molecule has 0 unspecified atom stereocenters. The van der Waals surface area contributed by atoms with E-state index in [1.807, 2.05) is 0 Å². The molecule has 5 nitrogen and oxygen atoms in total. The molecule has 0 aliphatic rings. The Morgan fingerprint density at radius 3 is 2.76 bits per heavy atom. The molecule has 1 aromatic carbocycles. The molecule has 0 saturated carbocycles. The lowest BCUT2D eigenvalue weighted by Gasteiger charge is -2.01. The van der Waals surface area contributed by atoms with E-state index in [2.05, 4.69) is 10.3 Å². The minimum atomic E-state index is -1.07. The van der Waals surface area contributed by atoms with Gasteiger partial charge in [0.05, 0.1) is 11.2 Å². The minimum Gasteiger partial charge on any atom is -0.361 e. The van der Waals surface area contributed by atoms with Gasteiger partial charge in [-0.15, -0.1) is 0 Å². The van der Waals surface area contributed by atoms with Crippen molar-refractivity contribution in [3.05, 3.63) is 29.7 Å². The van der Waals surface area contributed by atoms with Crippen molar-refractivity contribution in [3.63, 3.8) is 0 Å². The Labute approximate surface area is 95.8 Å². The first-order valence-corrected chi connectivity index (χ1v) is 4.87. The Kier molecular flexibility index (Phi) is 2.55. The van der Waals surface area contributed by atoms with E-state index in [1.165, 1.54) is 12.3 Å². The lowest BCUT2D eigenvalue weighted by atomic mass is 10.1. The Morgan fingerprint density at radius 2 is 2.12 bits per heavy atom. The molecule has 4 N–H and O–H groups in total. The van der Waals surface area contributed by atoms with Gasteiger partial charge in [-0.2, -0.15) is 0 Å². The van der Waals surface area contributed by atoms with E-state index in [4.69, 9.17) is 5.73 Å². The molecule has 0 atom stereocenters. The third kappa shape index (κ3) is 1.96. The first-order valence-electron chi connectivity index (χ1n) is 4.87. The van der Waals surface area contributed by atoms with E-state index in [0.717, 1.165) is 0 Å². The molecule has 6 heteroatoms. The summed E-state index contributed by atoms with van der Waals surface area (Å²) >= 11 is 0. The van der Waals surface area contributed by atoms with Gasteiger partial charge >= 0.3 is 11.8 Å². The highest BCUT2D eigenvalue weighted by molar-refractivity contribution is 6.39. The highest BCUT2D eigenvalue weighted by atomic mass is 19.1. The summed E-state index contributed by atoms with van der Waals surface area (Å²) in [5.74, 6) is -2.32. The normalized spacial score (nSPS) is 10.5. The van der Waals surface area contributed by atoms with Gasteiger partial charge in [-0.1, -0.05) is 0 Å². The number of rotatable bonds is 1. The molecule has 0 bridgehead atoms. The van der Waals surface area contributed by atoms with Crippen LogP contribution in [0.2, 0.25) is 0 Å². The lowest BCUT2D eigenvalue weighted by molar-refractivity contribution is -0.134. The number of carbonyl (C=O) groups excluding carboxylic acids is 2. The van der Waals surface area contributed by atoms with Crippen molar-refractivity contribution in [2.24, 2.45) is 5.73 Å². The van der Waals surface area contributed by atoms with Gasteiger partial charge < -0.3 is 16.0 Å². The molecular formula is C11H10FN3O2. The number of benzene rings is 1. The highest BCUT2D eigenvalue weighted by Gasteiger charge is 2.13. The molecule has 2 rings (SSSR count). The molecule has 0 aliphatic heterocycles. The van der Waals surface area contributed by atoms with Crippen LogP contribution in [0.3, 0.4) is 0 Å². The predicted molar refractivity (Wildman–Crippen MR) is 60.8 cm³/mol. The van der Waals surface area contributed by atoms with Gasteiger partial charge in [0.25, 0.3) is 0 Å². The zero-order valence-corrected chi connectivity index (χ0v) is 9.00. The molecular weight excluding hydrogens is 225 g/mol. The summed E-state index contributed by atoms with van der Waals surface area (Å²) in [6.07, 6.45) is 1.48. The number of hydrogen-bond acceptors (Lipinski definition) is 2. The fourth-order valence-corrected chi connectivity index (χ4v) is 1.54. The molecule has 17 heavy (non-hydrogen) atoms. The summed E-state index contributed by atoms with van der Waals surface area (Å²) in [7, 11) is 0. The number of primary amides is 1. The number of aryl methyl sites for hydroxylation is 1. The smallest absolute Gasteiger partial charge is 0.313 e. The maximum Gasteiger partial charge on any atom is 0.313 e. The van der Waals surface area contributed by atoms with Crippen molar-refractivity contribution in [1.29, 1.82) is 0 Å². The van der Waals surface area contributed by atoms with Crippen LogP contribution in [0, 0.1) is 12.7 Å². The Bertz CT molecular complexity index is 618. The molecule has 0 aliphatic carbocycles. The summed E-state index contributed by atoms with van der Waals surface area (Å²) in [5.41, 5.74) is 6.21. The van der Waals surface area contributed by atoms with Crippen LogP contribution < -0.4 is 11.1 Å². The van der Waals surface area contributed by atoms with Crippen LogP contribution in [-0.2, 0) is 9.59 Å². The van der Waals surface area contributed by atoms with Gasteiger partial charge in [-0.3, -0.25) is 9.59 Å². The minimum absolute atomic E-state index is 0.341. The van der Waals surface area contributed by atoms with E-state index in [-0.39, 0.29) is 5.82 Å². The molecule has 0 fully saturated rings. The van der Waals surface area contributed by atoms with Gasteiger partial charge in [0, 0.05) is 11.6 Å². The largest absolute Gasteiger partial charge is 0.361 e. The topological polar surface area (TPSA) is 88.0 Å². The molecule has 0 saturated heterocycles. The van der Waals surface area contributed by atoms with E-state index in [9.17, 15) is 14.0 Å². The predicted octanol–water partition coefficient (Wildman–Crippen LogP) is 1.04. The maximum absolute atomic E-state index is 13.3. The number of aromatic amines is 1. The van der Waals surface area contributed by atoms with Gasteiger partial charge in [0.2, 0.25) is 0 Å². The summed E-state index contributed by atoms with van der Waals surface area (Å²) < 4.78 is 13.3. The van der Waals surface area contributed by atoms with E-state index < -0.39 is 11.8 Å². The van der Waals surface area contributed by atoms with Crippen LogP contribution in [0.5, 0.6) is 0 Å². The fourth-order valence-electron chi connectivity index (χ4n) is 1.54. The first kappa shape index (κ1) is 11.1. The van der Waals surface area contributed by atoms with E-state index in [1.54, 1.807) is 13.0 Å². The summed E-state index contributed by atoms with van der Waals surface area (Å²) in [4.78, 5) is 24.5. The van der Waals surface area contributed by atoms with Crippen LogP contribution >= 0.6 is 0 Å². The van der Waals surface area contributed by atoms with Crippen molar-refractivity contribution in [2.45, 2.75) is 6.92 Å². The molecule has 0 radical (unpaired) electrons. The number of H-pyrrole nitrogens is 1. The second-order valence-corrected chi connectivity index (χ2v) is 3.67. The number of anilines is 1. The fraction of sp³-hybridized carbons (Fsp3) is 0.0909. The summed E-state index contributed by atoms with van der Waals surface area (Å²) in [6.45, 7) is 1.61. The Balaban J connectivity index is 2.46. The van der Waals surface area contributed by atoms with E-state index >= 15 is 0 Å². The second-order valence-electron chi connectivity index (χ2n) is 3.67. The molecule has 1 aromatic heterocycles. The maximum atomic E-state index is 13.3. The number of halogens is 1. The quantitative estimate of drug-likeness (QED) is 0.645. The Hall–Kier alpha value is -2.37. The standard InChI is InChI=1S/C11H10FN3O2/c1-5-2-6-8(3-7(5)12)14-4-9(6)15-11(17)10(13)16/h2-4,14H,1H3,(H2,13,16)(H,15,17). The second kappa shape index (κ2) is 3.89. The molecule has 2 aromatic rings. The lowest BCUT2D eigenvalue weighted by Crippen LogP contribution is -2.29. The zero-order chi connectivity index (χ0) is 12.6. The van der Waals surface area contributed by atoms with Crippen LogP contribution in [0.1, 0.15) is 5.56 Å². The number of hydrogen-bond donors (Lipinski definition) is 3. The van der Waals surface area contributed by atoms with Crippen LogP contribution in [0.4, 0.5) is 10.1 Å². The van der Waals surface area contributed by atoms with Crippen molar-refractivity contribution in [1.82, 2.24) is 4.98 Å². The van der Waals surface area contributed by atoms with Crippen LogP contribution in [-0.4, -0.2) is 16.8 Å². The summed E-state index contributed by atoms with van der Waals surface area (Å²) in [6, 6.07) is 2.91. The van der Waals surface area contributed by atoms with Gasteiger partial charge in [-0.05, 0) is 24.6 Å². The molecule has 1 heterocycles. The zero-order valence-electron chi connectivity index (χ0n) is 9.00. The average molecular weight is 235 g/mol. The molecule has 88 valence electrons. The summed E-state index contributed by atoms with van der Waals surface area (Å²) in [5, 5.41) is 2.97. The first-order chi connectivity index (χ1) is 7.99.